The van der Waals surface area contributed by atoms with Crippen molar-refractivity contribution < 1.29 is 5.11 Å². The second-order valence-electron chi connectivity index (χ2n) is 1.88. The Morgan fingerprint density at radius 2 is 2.44 bits per heavy atom. The van der Waals surface area contributed by atoms with Crippen molar-refractivity contribution in [3.63, 3.8) is 0 Å². The Kier molecular flexibility index (Phi) is 2.39. The Morgan fingerprint density at radius 1 is 1.56 bits per heavy atom. The molecule has 0 aromatic carbocycles. The van der Waals surface area contributed by atoms with Gasteiger partial charge in [-0.05, 0) is 0 Å². The molecular weight excluding hydrogens is 116 g/mol. The van der Waals surface area contributed by atoms with Gasteiger partial charge in [0, 0.05) is 19.2 Å². The Morgan fingerprint density at radius 3 is 3.00 bits per heavy atom. The van der Waals surface area contributed by atoms with E-state index in [0.29, 0.717) is 6.42 Å². The zero-order valence-corrected chi connectivity index (χ0v) is 5.25. The summed E-state index contributed by atoms with van der Waals surface area (Å²) >= 11 is 0. The van der Waals surface area contributed by atoms with Crippen molar-refractivity contribution in [3.8, 4) is 0 Å². The SMILES string of the molecule is OCCC1=NCCN=C1. The van der Waals surface area contributed by atoms with Crippen LogP contribution in [0.15, 0.2) is 9.98 Å². The second-order valence-corrected chi connectivity index (χ2v) is 1.88. The molecule has 0 radical (unpaired) electrons. The Hall–Kier alpha value is -0.700. The summed E-state index contributed by atoms with van der Waals surface area (Å²) in [7, 11) is 0. The molecule has 0 aliphatic carbocycles. The van der Waals surface area contributed by atoms with Crippen LogP contribution in [0.3, 0.4) is 0 Å². The van der Waals surface area contributed by atoms with Crippen LogP contribution in [0.4, 0.5) is 0 Å². The molecule has 1 aliphatic rings. The average Bonchev–Trinajstić information content (AvgIpc) is 1.91. The first kappa shape index (κ1) is 6.42. The van der Waals surface area contributed by atoms with Crippen molar-refractivity contribution in [1.29, 1.82) is 0 Å². The molecule has 0 aromatic heterocycles. The van der Waals surface area contributed by atoms with Gasteiger partial charge >= 0.3 is 0 Å². The molecule has 0 fully saturated rings. The highest BCUT2D eigenvalue weighted by Gasteiger charge is 1.96. The van der Waals surface area contributed by atoms with Crippen LogP contribution in [-0.4, -0.2) is 36.7 Å². The van der Waals surface area contributed by atoms with Crippen LogP contribution < -0.4 is 0 Å². The normalized spacial score (nSPS) is 17.7. The Bertz CT molecular complexity index is 140. The highest BCUT2D eigenvalue weighted by Crippen LogP contribution is 1.89. The molecule has 0 bridgehead atoms. The van der Waals surface area contributed by atoms with E-state index in [1.807, 2.05) is 0 Å². The monoisotopic (exact) mass is 126 g/mol. The molecule has 0 unspecified atom stereocenters. The largest absolute Gasteiger partial charge is 0.396 e. The maximum absolute atomic E-state index is 8.48. The number of aliphatic hydroxyl groups excluding tert-OH is 1. The van der Waals surface area contributed by atoms with E-state index in [0.717, 1.165) is 18.8 Å². The van der Waals surface area contributed by atoms with Gasteiger partial charge in [-0.2, -0.15) is 0 Å². The maximum atomic E-state index is 8.48. The van der Waals surface area contributed by atoms with Gasteiger partial charge in [-0.15, -0.1) is 0 Å². The van der Waals surface area contributed by atoms with Crippen molar-refractivity contribution >= 4 is 11.9 Å². The summed E-state index contributed by atoms with van der Waals surface area (Å²) in [6.07, 6.45) is 2.38. The molecule has 3 heteroatoms. The smallest absolute Gasteiger partial charge is 0.0589 e. The van der Waals surface area contributed by atoms with E-state index in [4.69, 9.17) is 5.11 Å². The highest BCUT2D eigenvalue weighted by molar-refractivity contribution is 6.30. The molecule has 50 valence electrons. The van der Waals surface area contributed by atoms with Gasteiger partial charge in [-0.25, -0.2) is 0 Å². The van der Waals surface area contributed by atoms with Gasteiger partial charge in [0.2, 0.25) is 0 Å². The highest BCUT2D eigenvalue weighted by atomic mass is 16.3. The number of nitrogens with zero attached hydrogens (tertiary/aromatic N) is 2. The van der Waals surface area contributed by atoms with E-state index >= 15 is 0 Å². The lowest BCUT2D eigenvalue weighted by molar-refractivity contribution is 0.307. The van der Waals surface area contributed by atoms with Gasteiger partial charge in [0.05, 0.1) is 18.8 Å². The van der Waals surface area contributed by atoms with E-state index in [2.05, 4.69) is 9.98 Å². The van der Waals surface area contributed by atoms with Crippen molar-refractivity contribution in [3.05, 3.63) is 0 Å². The Balaban J connectivity index is 2.38. The van der Waals surface area contributed by atoms with Crippen LogP contribution in [0.1, 0.15) is 6.42 Å². The quantitative estimate of drug-likeness (QED) is 0.551. The number of hydrogen-bond donors (Lipinski definition) is 1. The molecule has 9 heavy (non-hydrogen) atoms. The first-order chi connectivity index (χ1) is 4.43. The van der Waals surface area contributed by atoms with Crippen molar-refractivity contribution in [2.24, 2.45) is 9.98 Å². The maximum Gasteiger partial charge on any atom is 0.0589 e. The lowest BCUT2D eigenvalue weighted by atomic mass is 10.3. The molecule has 0 atom stereocenters. The minimum Gasteiger partial charge on any atom is -0.396 e. The van der Waals surface area contributed by atoms with Gasteiger partial charge < -0.3 is 5.11 Å². The van der Waals surface area contributed by atoms with Gasteiger partial charge in [-0.1, -0.05) is 0 Å². The van der Waals surface area contributed by atoms with Crippen molar-refractivity contribution in [2.45, 2.75) is 6.42 Å². The predicted molar refractivity (Wildman–Crippen MR) is 37.4 cm³/mol. The third kappa shape index (κ3) is 1.93. The molecule has 1 rings (SSSR count). The van der Waals surface area contributed by atoms with Gasteiger partial charge in [0.25, 0.3) is 0 Å². The van der Waals surface area contributed by atoms with Crippen LogP contribution in [0.2, 0.25) is 0 Å². The summed E-state index contributed by atoms with van der Waals surface area (Å²) in [5.74, 6) is 0. The summed E-state index contributed by atoms with van der Waals surface area (Å²) in [6, 6.07) is 0. The third-order valence-electron chi connectivity index (χ3n) is 1.15. The molecule has 0 spiro atoms. The van der Waals surface area contributed by atoms with E-state index in [9.17, 15) is 0 Å². The van der Waals surface area contributed by atoms with Crippen LogP contribution in [0.25, 0.3) is 0 Å². The number of hydrogen-bond acceptors (Lipinski definition) is 3. The first-order valence-corrected chi connectivity index (χ1v) is 3.07. The Labute approximate surface area is 54.1 Å². The van der Waals surface area contributed by atoms with E-state index in [-0.39, 0.29) is 6.61 Å². The third-order valence-corrected chi connectivity index (χ3v) is 1.15. The zero-order valence-electron chi connectivity index (χ0n) is 5.25. The van der Waals surface area contributed by atoms with Crippen LogP contribution >= 0.6 is 0 Å². The number of aliphatic imine (C=N–C) groups is 2. The topological polar surface area (TPSA) is 45.0 Å². The van der Waals surface area contributed by atoms with Gasteiger partial charge in [0.1, 0.15) is 0 Å². The molecule has 3 nitrogen and oxygen atoms in total. The first-order valence-electron chi connectivity index (χ1n) is 3.07. The summed E-state index contributed by atoms with van der Waals surface area (Å²) in [5, 5.41) is 8.48. The molecule has 0 amide bonds. The molecule has 0 saturated heterocycles. The lowest BCUT2D eigenvalue weighted by Gasteiger charge is -2.01. The standard InChI is InChI=1S/C6H10N2O/c9-4-1-6-5-7-2-3-8-6/h5,9H,1-4H2. The minimum absolute atomic E-state index is 0.171. The zero-order chi connectivity index (χ0) is 6.53. The average molecular weight is 126 g/mol. The minimum atomic E-state index is 0.171. The van der Waals surface area contributed by atoms with Crippen LogP contribution in [0.5, 0.6) is 0 Å². The number of aliphatic hydroxyl groups is 1. The van der Waals surface area contributed by atoms with E-state index in [1.54, 1.807) is 6.21 Å². The summed E-state index contributed by atoms with van der Waals surface area (Å²) in [5.41, 5.74) is 0.920. The molecule has 1 N–H and O–H groups in total. The van der Waals surface area contributed by atoms with E-state index in [1.165, 1.54) is 0 Å². The molecular formula is C6H10N2O. The van der Waals surface area contributed by atoms with Gasteiger partial charge in [0.15, 0.2) is 0 Å². The number of rotatable bonds is 2. The van der Waals surface area contributed by atoms with Gasteiger partial charge in [-0.3, -0.25) is 9.98 Å². The fourth-order valence-electron chi connectivity index (χ4n) is 0.720. The fraction of sp³-hybridized carbons (Fsp3) is 0.667. The van der Waals surface area contributed by atoms with E-state index < -0.39 is 0 Å². The van der Waals surface area contributed by atoms with Crippen molar-refractivity contribution in [1.82, 2.24) is 0 Å². The molecule has 0 saturated carbocycles. The molecule has 1 aliphatic heterocycles. The summed E-state index contributed by atoms with van der Waals surface area (Å²) in [6.45, 7) is 1.76. The predicted octanol–water partition coefficient (Wildman–Crippen LogP) is -0.106. The lowest BCUT2D eigenvalue weighted by Crippen LogP contribution is -2.09. The van der Waals surface area contributed by atoms with Crippen molar-refractivity contribution in [2.75, 3.05) is 19.7 Å². The summed E-state index contributed by atoms with van der Waals surface area (Å²) in [4.78, 5) is 8.14. The summed E-state index contributed by atoms with van der Waals surface area (Å²) < 4.78 is 0. The van der Waals surface area contributed by atoms with Crippen LogP contribution in [0, 0.1) is 0 Å². The second kappa shape index (κ2) is 3.35. The van der Waals surface area contributed by atoms with Crippen LogP contribution in [-0.2, 0) is 0 Å². The fourth-order valence-corrected chi connectivity index (χ4v) is 0.720. The molecule has 1 heterocycles. The molecule has 0 aromatic rings.